The van der Waals surface area contributed by atoms with Crippen LogP contribution in [0.5, 0.6) is 0 Å². The first kappa shape index (κ1) is 15.5. The second kappa shape index (κ2) is 7.20. The number of hydrogen-bond acceptors (Lipinski definition) is 5. The van der Waals surface area contributed by atoms with Crippen LogP contribution in [-0.4, -0.2) is 42.4 Å². The average molecular weight is 281 g/mol. The summed E-state index contributed by atoms with van der Waals surface area (Å²) in [5, 5.41) is 7.46. The van der Waals surface area contributed by atoms with Gasteiger partial charge in [0.05, 0.1) is 18.3 Å². The van der Waals surface area contributed by atoms with E-state index in [9.17, 15) is 0 Å². The van der Waals surface area contributed by atoms with Gasteiger partial charge in [0.2, 0.25) is 0 Å². The molecule has 114 valence electrons. The van der Waals surface area contributed by atoms with Gasteiger partial charge in [0.15, 0.2) is 5.76 Å². The van der Waals surface area contributed by atoms with Crippen LogP contribution in [0, 0.1) is 5.92 Å². The quantitative estimate of drug-likeness (QED) is 0.864. The molecule has 0 bridgehead atoms. The molecule has 1 N–H and O–H groups in total. The number of hydrogen-bond donors (Lipinski definition) is 1. The molecule has 0 saturated carbocycles. The normalized spacial score (nSPS) is 24.4. The van der Waals surface area contributed by atoms with Crippen LogP contribution in [-0.2, 0) is 17.8 Å². The van der Waals surface area contributed by atoms with Crippen molar-refractivity contribution in [3.05, 3.63) is 17.5 Å². The summed E-state index contributed by atoms with van der Waals surface area (Å²) in [6, 6.07) is 2.51. The van der Waals surface area contributed by atoms with E-state index in [0.29, 0.717) is 18.1 Å². The van der Waals surface area contributed by atoms with Crippen molar-refractivity contribution in [1.82, 2.24) is 15.4 Å². The monoisotopic (exact) mass is 281 g/mol. The van der Waals surface area contributed by atoms with Crippen LogP contribution >= 0.6 is 0 Å². The Bertz CT molecular complexity index is 406. The molecule has 5 nitrogen and oxygen atoms in total. The summed E-state index contributed by atoms with van der Waals surface area (Å²) < 4.78 is 11.0. The molecule has 1 aromatic heterocycles. The fraction of sp³-hybridized carbons (Fsp3) is 0.800. The van der Waals surface area contributed by atoms with Crippen LogP contribution < -0.4 is 5.32 Å². The zero-order chi connectivity index (χ0) is 14.5. The SMILES string of the molecule is COC1CN(Cc2cc(CNC(C)C)no2)CCC1C. The number of likely N-dealkylation sites (tertiary alicyclic amines) is 1. The molecule has 0 radical (unpaired) electrons. The number of nitrogens with one attached hydrogen (secondary N) is 1. The lowest BCUT2D eigenvalue weighted by atomic mass is 9.96. The Kier molecular flexibility index (Phi) is 5.57. The van der Waals surface area contributed by atoms with Crippen LogP contribution in [0.4, 0.5) is 0 Å². The van der Waals surface area contributed by atoms with Crippen molar-refractivity contribution >= 4 is 0 Å². The van der Waals surface area contributed by atoms with Gasteiger partial charge in [0, 0.05) is 32.3 Å². The van der Waals surface area contributed by atoms with Gasteiger partial charge >= 0.3 is 0 Å². The number of piperidine rings is 1. The zero-order valence-corrected chi connectivity index (χ0v) is 13.1. The third kappa shape index (κ3) is 4.30. The van der Waals surface area contributed by atoms with Crippen molar-refractivity contribution in [3.8, 4) is 0 Å². The van der Waals surface area contributed by atoms with E-state index in [1.165, 1.54) is 6.42 Å². The van der Waals surface area contributed by atoms with E-state index in [1.54, 1.807) is 7.11 Å². The second-order valence-electron chi connectivity index (χ2n) is 6.10. The molecule has 0 amide bonds. The molecule has 1 aliphatic heterocycles. The molecule has 0 aliphatic carbocycles. The molecule has 1 aromatic rings. The van der Waals surface area contributed by atoms with Crippen molar-refractivity contribution in [2.24, 2.45) is 5.92 Å². The number of methoxy groups -OCH3 is 1. The third-order valence-corrected chi connectivity index (χ3v) is 3.95. The summed E-state index contributed by atoms with van der Waals surface area (Å²) in [7, 11) is 1.80. The third-order valence-electron chi connectivity index (χ3n) is 3.95. The van der Waals surface area contributed by atoms with E-state index < -0.39 is 0 Å². The minimum atomic E-state index is 0.328. The highest BCUT2D eigenvalue weighted by molar-refractivity contribution is 5.05. The lowest BCUT2D eigenvalue weighted by Crippen LogP contribution is -2.43. The van der Waals surface area contributed by atoms with E-state index in [0.717, 1.165) is 37.6 Å². The highest BCUT2D eigenvalue weighted by Crippen LogP contribution is 2.21. The van der Waals surface area contributed by atoms with Crippen molar-refractivity contribution in [1.29, 1.82) is 0 Å². The van der Waals surface area contributed by atoms with E-state index in [2.05, 4.69) is 42.2 Å². The first-order valence-electron chi connectivity index (χ1n) is 7.51. The second-order valence-corrected chi connectivity index (χ2v) is 6.10. The van der Waals surface area contributed by atoms with Gasteiger partial charge in [-0.1, -0.05) is 25.9 Å². The average Bonchev–Trinajstić information content (AvgIpc) is 2.86. The van der Waals surface area contributed by atoms with Gasteiger partial charge in [-0.25, -0.2) is 0 Å². The Morgan fingerprint density at radius 2 is 2.35 bits per heavy atom. The molecule has 0 spiro atoms. The van der Waals surface area contributed by atoms with E-state index >= 15 is 0 Å². The fourth-order valence-corrected chi connectivity index (χ4v) is 2.59. The summed E-state index contributed by atoms with van der Waals surface area (Å²) in [5.74, 6) is 1.58. The number of ether oxygens (including phenoxy) is 1. The van der Waals surface area contributed by atoms with Gasteiger partial charge in [-0.3, -0.25) is 4.90 Å². The Balaban J connectivity index is 1.84. The van der Waals surface area contributed by atoms with Crippen LogP contribution in [0.15, 0.2) is 10.6 Å². The molecule has 1 aliphatic rings. The predicted octanol–water partition coefficient (Wildman–Crippen LogP) is 2.03. The van der Waals surface area contributed by atoms with Gasteiger partial charge in [-0.15, -0.1) is 0 Å². The van der Waals surface area contributed by atoms with E-state index in [4.69, 9.17) is 9.26 Å². The van der Waals surface area contributed by atoms with Crippen LogP contribution in [0.25, 0.3) is 0 Å². The van der Waals surface area contributed by atoms with Crippen LogP contribution in [0.3, 0.4) is 0 Å². The summed E-state index contributed by atoms with van der Waals surface area (Å²) in [6.07, 6.45) is 1.50. The Hall–Kier alpha value is -0.910. The van der Waals surface area contributed by atoms with E-state index in [-0.39, 0.29) is 0 Å². The Morgan fingerprint density at radius 3 is 3.05 bits per heavy atom. The van der Waals surface area contributed by atoms with E-state index in [1.807, 2.05) is 0 Å². The molecule has 1 saturated heterocycles. The molecule has 2 heterocycles. The Morgan fingerprint density at radius 1 is 1.55 bits per heavy atom. The molecule has 2 atom stereocenters. The van der Waals surface area contributed by atoms with Crippen LogP contribution in [0.2, 0.25) is 0 Å². The maximum absolute atomic E-state index is 5.54. The first-order chi connectivity index (χ1) is 9.58. The molecule has 5 heteroatoms. The fourth-order valence-electron chi connectivity index (χ4n) is 2.59. The molecular formula is C15H27N3O2. The summed E-state index contributed by atoms with van der Waals surface area (Å²) in [4.78, 5) is 2.38. The lowest BCUT2D eigenvalue weighted by molar-refractivity contribution is -0.00961. The largest absolute Gasteiger partial charge is 0.380 e. The molecular weight excluding hydrogens is 254 g/mol. The highest BCUT2D eigenvalue weighted by Gasteiger charge is 2.26. The minimum absolute atomic E-state index is 0.328. The summed E-state index contributed by atoms with van der Waals surface area (Å²) >= 11 is 0. The molecule has 1 fully saturated rings. The first-order valence-corrected chi connectivity index (χ1v) is 7.51. The van der Waals surface area contributed by atoms with Gasteiger partial charge in [-0.2, -0.15) is 0 Å². The van der Waals surface area contributed by atoms with Gasteiger partial charge < -0.3 is 14.6 Å². The Labute approximate surface area is 121 Å². The van der Waals surface area contributed by atoms with Crippen molar-refractivity contribution < 1.29 is 9.26 Å². The maximum atomic E-state index is 5.54. The topological polar surface area (TPSA) is 50.5 Å². The van der Waals surface area contributed by atoms with Gasteiger partial charge in [0.25, 0.3) is 0 Å². The smallest absolute Gasteiger partial charge is 0.151 e. The van der Waals surface area contributed by atoms with Gasteiger partial charge in [0.1, 0.15) is 0 Å². The highest BCUT2D eigenvalue weighted by atomic mass is 16.5. The number of rotatable bonds is 6. The lowest BCUT2D eigenvalue weighted by Gasteiger charge is -2.35. The maximum Gasteiger partial charge on any atom is 0.151 e. The summed E-state index contributed by atoms with van der Waals surface area (Å²) in [5.41, 5.74) is 0.974. The molecule has 2 rings (SSSR count). The van der Waals surface area contributed by atoms with Gasteiger partial charge in [-0.05, 0) is 18.9 Å². The number of aromatic nitrogens is 1. The predicted molar refractivity (Wildman–Crippen MR) is 78.3 cm³/mol. The molecule has 20 heavy (non-hydrogen) atoms. The molecule has 2 unspecified atom stereocenters. The molecule has 0 aromatic carbocycles. The van der Waals surface area contributed by atoms with Crippen LogP contribution in [0.1, 0.15) is 38.6 Å². The van der Waals surface area contributed by atoms with Crippen molar-refractivity contribution in [2.45, 2.75) is 52.4 Å². The summed E-state index contributed by atoms with van der Waals surface area (Å²) in [6.45, 7) is 10.2. The standard InChI is InChI=1S/C15H27N3O2/c1-11(2)16-8-13-7-14(20-17-13)9-18-6-5-12(3)15(10-18)19-4/h7,11-12,15-16H,5-6,8-10H2,1-4H3. The van der Waals surface area contributed by atoms with Crippen molar-refractivity contribution in [3.63, 3.8) is 0 Å². The minimum Gasteiger partial charge on any atom is -0.380 e. The zero-order valence-electron chi connectivity index (χ0n) is 13.1. The number of nitrogens with zero attached hydrogens (tertiary/aromatic N) is 2. The van der Waals surface area contributed by atoms with Crippen molar-refractivity contribution in [2.75, 3.05) is 20.2 Å².